The highest BCUT2D eigenvalue weighted by Crippen LogP contribution is 2.55. The van der Waals surface area contributed by atoms with Gasteiger partial charge in [-0.05, 0) is 131 Å². The second kappa shape index (κ2) is 19.2. The molecule has 4 heteroatoms. The SMILES string of the molecule is CCCCCCCCC1(CCCCCCCC)c2cc(C)ccc2-c2ccc(-c3cc(-c4cccc5c(C)c6ccccc6cc45)nc(-c4ccc5sc6cc7oc8ccccc8c7cc6c5c4)n3)cc21. The number of thiophene rings is 1. The number of unbranched alkanes of at least 4 members (excludes halogenated alkanes) is 10. The average Bonchev–Trinajstić information content (AvgIpc) is 4.04. The number of furan rings is 1. The summed E-state index contributed by atoms with van der Waals surface area (Å²) in [4.78, 5) is 11.2. The van der Waals surface area contributed by atoms with Gasteiger partial charge in [-0.3, -0.25) is 0 Å². The van der Waals surface area contributed by atoms with E-state index in [1.54, 1.807) is 5.56 Å². The Hall–Kier alpha value is -6.62. The van der Waals surface area contributed by atoms with Crippen LogP contribution in [0, 0.1) is 13.8 Å². The molecule has 71 heavy (non-hydrogen) atoms. The van der Waals surface area contributed by atoms with Crippen LogP contribution in [0.2, 0.25) is 0 Å². The van der Waals surface area contributed by atoms with Crippen LogP contribution < -0.4 is 0 Å². The van der Waals surface area contributed by atoms with Crippen molar-refractivity contribution in [2.24, 2.45) is 0 Å². The third-order valence-corrected chi connectivity index (χ3v) is 17.3. The first-order chi connectivity index (χ1) is 34.9. The summed E-state index contributed by atoms with van der Waals surface area (Å²) in [5.74, 6) is 0.743. The third-order valence-electron chi connectivity index (χ3n) is 16.1. The van der Waals surface area contributed by atoms with Gasteiger partial charge in [-0.2, -0.15) is 0 Å². The molecular formula is C67H64N2OS. The van der Waals surface area contributed by atoms with Crippen LogP contribution in [0.25, 0.3) is 109 Å². The Morgan fingerprint density at radius 2 is 1.10 bits per heavy atom. The van der Waals surface area contributed by atoms with Crippen molar-refractivity contribution >= 4 is 75.0 Å². The normalized spacial score (nSPS) is 13.1. The van der Waals surface area contributed by atoms with Crippen LogP contribution in [-0.2, 0) is 5.41 Å². The van der Waals surface area contributed by atoms with Gasteiger partial charge in [0.25, 0.3) is 0 Å². The lowest BCUT2D eigenvalue weighted by atomic mass is 9.70. The molecule has 11 aromatic rings. The summed E-state index contributed by atoms with van der Waals surface area (Å²) in [5.41, 5.74) is 15.5. The Kier molecular flexibility index (Phi) is 12.3. The van der Waals surface area contributed by atoms with Gasteiger partial charge >= 0.3 is 0 Å². The number of aryl methyl sites for hydroxylation is 2. The van der Waals surface area contributed by atoms with Crippen LogP contribution in [0.1, 0.15) is 126 Å². The minimum absolute atomic E-state index is 0.0358. The first-order valence-electron chi connectivity index (χ1n) is 26.8. The predicted octanol–water partition coefficient (Wildman–Crippen LogP) is 20.4. The summed E-state index contributed by atoms with van der Waals surface area (Å²) in [6.07, 6.45) is 18.0. The van der Waals surface area contributed by atoms with Crippen LogP contribution >= 0.6 is 11.3 Å². The summed E-state index contributed by atoms with van der Waals surface area (Å²) < 4.78 is 8.81. The third kappa shape index (κ3) is 8.23. The number of hydrogen-bond acceptors (Lipinski definition) is 4. The molecule has 3 aromatic heterocycles. The zero-order chi connectivity index (χ0) is 48.1. The van der Waals surface area contributed by atoms with Crippen molar-refractivity contribution in [1.29, 1.82) is 0 Å². The summed E-state index contributed by atoms with van der Waals surface area (Å²) in [6, 6.07) is 54.5. The molecule has 0 saturated heterocycles. The zero-order valence-corrected chi connectivity index (χ0v) is 42.8. The predicted molar refractivity (Wildman–Crippen MR) is 305 cm³/mol. The van der Waals surface area contributed by atoms with Gasteiger partial charge in [0.2, 0.25) is 0 Å². The van der Waals surface area contributed by atoms with E-state index in [1.165, 1.54) is 159 Å². The molecule has 3 heterocycles. The van der Waals surface area contributed by atoms with Crippen molar-refractivity contribution in [1.82, 2.24) is 9.97 Å². The van der Waals surface area contributed by atoms with E-state index in [-0.39, 0.29) is 5.41 Å². The number of nitrogens with zero attached hydrogens (tertiary/aromatic N) is 2. The molecule has 8 aromatic carbocycles. The van der Waals surface area contributed by atoms with E-state index in [4.69, 9.17) is 14.4 Å². The minimum Gasteiger partial charge on any atom is -0.456 e. The highest BCUT2D eigenvalue weighted by molar-refractivity contribution is 7.25. The van der Waals surface area contributed by atoms with E-state index in [1.807, 2.05) is 17.4 Å². The Labute approximate surface area is 423 Å². The van der Waals surface area contributed by atoms with Crippen molar-refractivity contribution in [3.05, 3.63) is 168 Å². The van der Waals surface area contributed by atoms with Crippen LogP contribution in [0.5, 0.6) is 0 Å². The van der Waals surface area contributed by atoms with Crippen molar-refractivity contribution in [2.75, 3.05) is 0 Å². The summed E-state index contributed by atoms with van der Waals surface area (Å²) in [7, 11) is 0. The van der Waals surface area contributed by atoms with Gasteiger partial charge in [0, 0.05) is 53.1 Å². The Morgan fingerprint density at radius 1 is 0.437 bits per heavy atom. The second-order valence-corrected chi connectivity index (χ2v) is 21.9. The van der Waals surface area contributed by atoms with Gasteiger partial charge < -0.3 is 4.42 Å². The molecule has 0 atom stereocenters. The smallest absolute Gasteiger partial charge is 0.160 e. The molecular weight excluding hydrogens is 881 g/mol. The molecule has 0 bridgehead atoms. The highest BCUT2D eigenvalue weighted by Gasteiger charge is 2.42. The molecule has 0 spiro atoms. The molecule has 3 nitrogen and oxygen atoms in total. The van der Waals surface area contributed by atoms with Crippen LogP contribution in [0.3, 0.4) is 0 Å². The number of rotatable bonds is 17. The monoisotopic (exact) mass is 944 g/mol. The fourth-order valence-electron chi connectivity index (χ4n) is 12.4. The highest BCUT2D eigenvalue weighted by atomic mass is 32.1. The number of hydrogen-bond donors (Lipinski definition) is 0. The topological polar surface area (TPSA) is 38.9 Å². The molecule has 0 unspecified atom stereocenters. The van der Waals surface area contributed by atoms with E-state index in [9.17, 15) is 0 Å². The largest absolute Gasteiger partial charge is 0.456 e. The molecule has 0 amide bonds. The molecule has 0 saturated carbocycles. The van der Waals surface area contributed by atoms with Crippen molar-refractivity contribution in [3.8, 4) is 45.0 Å². The molecule has 1 aliphatic rings. The zero-order valence-electron chi connectivity index (χ0n) is 42.0. The number of para-hydroxylation sites is 1. The minimum atomic E-state index is -0.0358. The summed E-state index contributed by atoms with van der Waals surface area (Å²) in [6.45, 7) is 9.19. The average molecular weight is 945 g/mol. The Balaban J connectivity index is 1.03. The molecule has 0 aliphatic heterocycles. The quantitative estimate of drug-likeness (QED) is 0.0674. The van der Waals surface area contributed by atoms with E-state index in [0.29, 0.717) is 0 Å². The van der Waals surface area contributed by atoms with Crippen molar-refractivity contribution in [2.45, 2.75) is 123 Å². The number of benzene rings is 8. The standard InChI is InChI=1S/C67H64N2OS/c1-5-7-9-11-13-19-34-67(35-20-14-12-10-8-6-2)58-36-43(3)28-31-50(58)51-32-29-46(39-59(51)67)60-41-61(52-26-21-25-49-44(4)48-23-16-15-22-45(48)37-54(49)52)69-66(68-60)47-30-33-64-56(38-47)57-40-55-53-24-17-18-27-62(53)70-63(55)42-65(57)71-64/h15-18,21-33,36-42H,5-14,19-20,34-35H2,1-4H3. The molecule has 0 fully saturated rings. The van der Waals surface area contributed by atoms with Crippen LogP contribution in [-0.4, -0.2) is 9.97 Å². The van der Waals surface area contributed by atoms with Crippen LogP contribution in [0.4, 0.5) is 0 Å². The second-order valence-electron chi connectivity index (χ2n) is 20.8. The lowest BCUT2D eigenvalue weighted by Gasteiger charge is -2.33. The maximum Gasteiger partial charge on any atom is 0.160 e. The lowest BCUT2D eigenvalue weighted by Crippen LogP contribution is -2.25. The Bertz CT molecular complexity index is 3780. The van der Waals surface area contributed by atoms with Crippen LogP contribution in [0.15, 0.2) is 150 Å². The van der Waals surface area contributed by atoms with Gasteiger partial charge in [-0.15, -0.1) is 11.3 Å². The lowest BCUT2D eigenvalue weighted by molar-refractivity contribution is 0.398. The molecule has 12 rings (SSSR count). The van der Waals surface area contributed by atoms with E-state index in [0.717, 1.165) is 55.8 Å². The molecule has 0 N–H and O–H groups in total. The van der Waals surface area contributed by atoms with E-state index in [2.05, 4.69) is 167 Å². The van der Waals surface area contributed by atoms with Gasteiger partial charge in [0.15, 0.2) is 5.82 Å². The van der Waals surface area contributed by atoms with Crippen molar-refractivity contribution < 1.29 is 4.42 Å². The first-order valence-corrected chi connectivity index (χ1v) is 27.6. The number of aromatic nitrogens is 2. The van der Waals surface area contributed by atoms with E-state index < -0.39 is 0 Å². The first kappa shape index (κ1) is 45.5. The fourth-order valence-corrected chi connectivity index (χ4v) is 13.5. The molecule has 354 valence electrons. The summed E-state index contributed by atoms with van der Waals surface area (Å²) >= 11 is 1.82. The van der Waals surface area contributed by atoms with Gasteiger partial charge in [0.1, 0.15) is 11.2 Å². The van der Waals surface area contributed by atoms with Gasteiger partial charge in [-0.1, -0.05) is 187 Å². The number of fused-ring (bicyclic) bond motifs is 11. The Morgan fingerprint density at radius 3 is 1.90 bits per heavy atom. The van der Waals surface area contributed by atoms with Gasteiger partial charge in [-0.25, -0.2) is 9.97 Å². The summed E-state index contributed by atoms with van der Waals surface area (Å²) in [5, 5.41) is 9.76. The van der Waals surface area contributed by atoms with Crippen molar-refractivity contribution in [3.63, 3.8) is 0 Å². The van der Waals surface area contributed by atoms with Gasteiger partial charge in [0.05, 0.1) is 11.4 Å². The van der Waals surface area contributed by atoms with E-state index >= 15 is 0 Å². The molecule has 1 aliphatic carbocycles. The maximum absolute atomic E-state index is 6.35. The fraction of sp³-hybridized carbons (Fsp3) is 0.284. The molecule has 0 radical (unpaired) electrons. The maximum atomic E-state index is 6.35.